The predicted molar refractivity (Wildman–Crippen MR) is 121 cm³/mol. The summed E-state index contributed by atoms with van der Waals surface area (Å²) < 4.78 is 7.15. The summed E-state index contributed by atoms with van der Waals surface area (Å²) in [6, 6.07) is 21.9. The minimum Gasteiger partial charge on any atom is -0.497 e. The lowest BCUT2D eigenvalue weighted by Crippen LogP contribution is -2.28. The summed E-state index contributed by atoms with van der Waals surface area (Å²) in [5.41, 5.74) is 2.28. The zero-order valence-corrected chi connectivity index (χ0v) is 17.7. The highest BCUT2D eigenvalue weighted by atomic mass is 32.1. The van der Waals surface area contributed by atoms with Gasteiger partial charge < -0.3 is 10.1 Å². The van der Waals surface area contributed by atoms with Crippen molar-refractivity contribution >= 4 is 29.1 Å². The molecule has 1 aliphatic heterocycles. The van der Waals surface area contributed by atoms with E-state index in [0.717, 1.165) is 23.3 Å². The number of thiophene rings is 1. The zero-order chi connectivity index (χ0) is 21.2. The summed E-state index contributed by atoms with van der Waals surface area (Å²) in [4.78, 5) is 17.7. The molecule has 5 rings (SSSR count). The maximum Gasteiger partial charge on any atom is 0.268 e. The van der Waals surface area contributed by atoms with Gasteiger partial charge in [0.2, 0.25) is 5.95 Å². The first kappa shape index (κ1) is 19.3. The van der Waals surface area contributed by atoms with Crippen LogP contribution in [0.4, 0.5) is 11.9 Å². The minimum absolute atomic E-state index is 0.00978. The van der Waals surface area contributed by atoms with Crippen molar-refractivity contribution in [3.63, 3.8) is 0 Å². The topological polar surface area (TPSA) is 81.1 Å². The van der Waals surface area contributed by atoms with Gasteiger partial charge in [-0.15, -0.1) is 16.4 Å². The van der Waals surface area contributed by atoms with E-state index in [1.54, 1.807) is 13.2 Å². The molecular formula is C23H21N5O2S. The summed E-state index contributed by atoms with van der Waals surface area (Å²) in [5.74, 6) is 1.53. The number of anilines is 2. The fourth-order valence-corrected chi connectivity index (χ4v) is 4.43. The monoisotopic (exact) mass is 431 g/mol. The highest BCUT2D eigenvalue weighted by Gasteiger charge is 2.31. The second-order valence-corrected chi connectivity index (χ2v) is 8.21. The van der Waals surface area contributed by atoms with Gasteiger partial charge in [0.05, 0.1) is 24.1 Å². The lowest BCUT2D eigenvalue weighted by molar-refractivity contribution is 0.102. The third-order valence-electron chi connectivity index (χ3n) is 5.36. The second-order valence-electron chi connectivity index (χ2n) is 7.27. The average Bonchev–Trinajstić information content (AvgIpc) is 3.49. The molecule has 1 amide bonds. The van der Waals surface area contributed by atoms with Gasteiger partial charge in [0, 0.05) is 0 Å². The predicted octanol–water partition coefficient (Wildman–Crippen LogP) is 4.75. The van der Waals surface area contributed by atoms with Crippen molar-refractivity contribution in [2.24, 2.45) is 0 Å². The molecule has 8 heteroatoms. The summed E-state index contributed by atoms with van der Waals surface area (Å²) in [6.07, 6.45) is 0.797. The van der Waals surface area contributed by atoms with E-state index in [-0.39, 0.29) is 23.9 Å². The number of fused-ring (bicyclic) bond motifs is 1. The minimum atomic E-state index is -0.207. The molecule has 0 unspecified atom stereocenters. The van der Waals surface area contributed by atoms with E-state index < -0.39 is 0 Å². The van der Waals surface area contributed by atoms with Gasteiger partial charge >= 0.3 is 0 Å². The number of nitrogens with one attached hydrogen (secondary N) is 2. The lowest BCUT2D eigenvalue weighted by atomic mass is 9.93. The van der Waals surface area contributed by atoms with Crippen molar-refractivity contribution in [2.75, 3.05) is 17.7 Å². The van der Waals surface area contributed by atoms with E-state index in [0.29, 0.717) is 10.8 Å². The number of methoxy groups -OCH3 is 1. The maximum atomic E-state index is 12.5. The molecule has 0 aliphatic carbocycles. The van der Waals surface area contributed by atoms with Crippen molar-refractivity contribution in [3.05, 3.63) is 88.1 Å². The molecule has 2 N–H and O–H groups in total. The Labute approximate surface area is 183 Å². The maximum absolute atomic E-state index is 12.5. The number of ether oxygens (including phenoxy) is 1. The average molecular weight is 432 g/mol. The van der Waals surface area contributed by atoms with Gasteiger partial charge in [0.15, 0.2) is 0 Å². The first-order chi connectivity index (χ1) is 15.2. The third-order valence-corrected chi connectivity index (χ3v) is 6.23. The molecule has 2 aromatic heterocycles. The first-order valence-electron chi connectivity index (χ1n) is 9.98. The molecule has 1 aliphatic rings. The van der Waals surface area contributed by atoms with Gasteiger partial charge in [-0.05, 0) is 41.1 Å². The number of rotatable bonds is 5. The van der Waals surface area contributed by atoms with E-state index in [2.05, 4.69) is 45.0 Å². The number of amides is 1. The molecule has 7 nitrogen and oxygen atoms in total. The number of nitrogens with zero attached hydrogens (tertiary/aromatic N) is 3. The summed E-state index contributed by atoms with van der Waals surface area (Å²) >= 11 is 1.38. The van der Waals surface area contributed by atoms with Crippen LogP contribution in [0.15, 0.2) is 72.1 Å². The molecule has 156 valence electrons. The molecule has 2 atom stereocenters. The van der Waals surface area contributed by atoms with Gasteiger partial charge in [0.1, 0.15) is 5.75 Å². The quantitative estimate of drug-likeness (QED) is 0.477. The number of hydrogen-bond donors (Lipinski definition) is 2. The SMILES string of the molecule is COc1ccc([C@H]2C[C@@H](c3ccccc3)n3nc(NC(=O)c4cccs4)nc3N2)cc1. The van der Waals surface area contributed by atoms with Crippen LogP contribution < -0.4 is 15.4 Å². The molecule has 0 spiro atoms. The van der Waals surface area contributed by atoms with Gasteiger partial charge in [-0.3, -0.25) is 10.1 Å². The molecule has 2 aromatic carbocycles. The van der Waals surface area contributed by atoms with Crippen LogP contribution in [0.5, 0.6) is 5.75 Å². The highest BCUT2D eigenvalue weighted by molar-refractivity contribution is 7.12. The van der Waals surface area contributed by atoms with Crippen LogP contribution in [0.3, 0.4) is 0 Å². The molecular weight excluding hydrogens is 410 g/mol. The summed E-state index contributed by atoms with van der Waals surface area (Å²) in [6.45, 7) is 0. The normalized spacial score (nSPS) is 17.5. The molecule has 0 saturated heterocycles. The zero-order valence-electron chi connectivity index (χ0n) is 16.9. The number of hydrogen-bond acceptors (Lipinski definition) is 6. The van der Waals surface area contributed by atoms with Crippen LogP contribution in [-0.4, -0.2) is 27.8 Å². The van der Waals surface area contributed by atoms with Crippen molar-refractivity contribution in [1.82, 2.24) is 14.8 Å². The van der Waals surface area contributed by atoms with Crippen LogP contribution in [0.2, 0.25) is 0 Å². The van der Waals surface area contributed by atoms with E-state index in [1.165, 1.54) is 11.3 Å². The lowest BCUT2D eigenvalue weighted by Gasteiger charge is -2.31. The van der Waals surface area contributed by atoms with Crippen molar-refractivity contribution in [2.45, 2.75) is 18.5 Å². The van der Waals surface area contributed by atoms with E-state index in [9.17, 15) is 4.79 Å². The second kappa shape index (κ2) is 8.23. The fourth-order valence-electron chi connectivity index (χ4n) is 3.81. The van der Waals surface area contributed by atoms with Crippen molar-refractivity contribution < 1.29 is 9.53 Å². The molecule has 0 saturated carbocycles. The Kier molecular flexibility index (Phi) is 5.13. The highest BCUT2D eigenvalue weighted by Crippen LogP contribution is 2.38. The fraction of sp³-hybridized carbons (Fsp3) is 0.174. The Morgan fingerprint density at radius 2 is 1.90 bits per heavy atom. The van der Waals surface area contributed by atoms with E-state index >= 15 is 0 Å². The van der Waals surface area contributed by atoms with Crippen LogP contribution in [-0.2, 0) is 0 Å². The number of carbonyl (C=O) groups excluding carboxylic acids is 1. The molecule has 3 heterocycles. The Morgan fingerprint density at radius 1 is 1.10 bits per heavy atom. The van der Waals surface area contributed by atoms with Crippen LogP contribution in [0.1, 0.15) is 39.3 Å². The molecule has 31 heavy (non-hydrogen) atoms. The molecule has 0 fully saturated rings. The van der Waals surface area contributed by atoms with Crippen LogP contribution >= 0.6 is 11.3 Å². The van der Waals surface area contributed by atoms with Gasteiger partial charge in [-0.1, -0.05) is 48.5 Å². The standard InChI is InChI=1S/C23H21N5O2S/c1-30-17-11-9-15(10-12-17)18-14-19(16-6-3-2-4-7-16)28-23(24-18)26-22(27-28)25-21(29)20-8-5-13-31-20/h2-13,18-19H,14H2,1H3,(H2,24,25,26,27,29)/t18-,19+/m1/s1. The van der Waals surface area contributed by atoms with E-state index in [4.69, 9.17) is 4.74 Å². The molecule has 0 bridgehead atoms. The Morgan fingerprint density at radius 3 is 2.61 bits per heavy atom. The smallest absolute Gasteiger partial charge is 0.268 e. The van der Waals surface area contributed by atoms with Crippen LogP contribution in [0.25, 0.3) is 0 Å². The Bertz CT molecular complexity index is 1170. The molecule has 0 radical (unpaired) electrons. The van der Waals surface area contributed by atoms with Gasteiger partial charge in [-0.2, -0.15) is 4.98 Å². The van der Waals surface area contributed by atoms with Gasteiger partial charge in [-0.25, -0.2) is 4.68 Å². The third kappa shape index (κ3) is 3.89. The largest absolute Gasteiger partial charge is 0.497 e. The van der Waals surface area contributed by atoms with Crippen molar-refractivity contribution in [1.29, 1.82) is 0 Å². The summed E-state index contributed by atoms with van der Waals surface area (Å²) in [7, 11) is 1.66. The van der Waals surface area contributed by atoms with Crippen LogP contribution in [0, 0.1) is 0 Å². The van der Waals surface area contributed by atoms with Crippen molar-refractivity contribution in [3.8, 4) is 5.75 Å². The van der Waals surface area contributed by atoms with E-state index in [1.807, 2.05) is 46.5 Å². The Hall–Kier alpha value is -3.65. The molecule has 4 aromatic rings. The Balaban J connectivity index is 1.48. The summed E-state index contributed by atoms with van der Waals surface area (Å²) in [5, 5.41) is 12.8. The first-order valence-corrected chi connectivity index (χ1v) is 10.9. The number of carbonyl (C=O) groups is 1. The van der Waals surface area contributed by atoms with Gasteiger partial charge in [0.25, 0.3) is 11.9 Å². The number of benzene rings is 2. The number of aromatic nitrogens is 3.